The van der Waals surface area contributed by atoms with E-state index in [4.69, 9.17) is 4.74 Å². The molecule has 0 spiro atoms. The summed E-state index contributed by atoms with van der Waals surface area (Å²) < 4.78 is 5.32. The topological polar surface area (TPSA) is 78.9 Å². The lowest BCUT2D eigenvalue weighted by molar-refractivity contribution is -0.151. The van der Waals surface area contributed by atoms with Gasteiger partial charge in [0.2, 0.25) is 5.91 Å². The number of morpholine rings is 1. The van der Waals surface area contributed by atoms with Crippen LogP contribution in [0.1, 0.15) is 33.1 Å². The molecule has 2 unspecified atom stereocenters. The molecule has 6 nitrogen and oxygen atoms in total. The second-order valence-corrected chi connectivity index (χ2v) is 4.72. The maximum absolute atomic E-state index is 12.0. The average molecular weight is 272 g/mol. The minimum Gasteiger partial charge on any atom is -0.480 e. The van der Waals surface area contributed by atoms with Crippen LogP contribution in [0.25, 0.3) is 0 Å². The fraction of sp³-hybridized carbons (Fsp3) is 0.846. The van der Waals surface area contributed by atoms with Crippen LogP contribution in [0.3, 0.4) is 0 Å². The number of amides is 1. The smallest absolute Gasteiger partial charge is 0.320 e. The number of rotatable bonds is 7. The molecule has 110 valence electrons. The number of hydrogen-bond acceptors (Lipinski definition) is 4. The number of ether oxygens (including phenoxy) is 1. The lowest BCUT2D eigenvalue weighted by Crippen LogP contribution is -2.59. The number of carbonyl (C=O) groups excluding carboxylic acids is 1. The van der Waals surface area contributed by atoms with Gasteiger partial charge in [-0.05, 0) is 13.3 Å². The van der Waals surface area contributed by atoms with Crippen molar-refractivity contribution < 1.29 is 19.4 Å². The van der Waals surface area contributed by atoms with Crippen molar-refractivity contribution in [2.45, 2.75) is 45.2 Å². The molecule has 2 N–H and O–H groups in total. The zero-order chi connectivity index (χ0) is 14.3. The Hall–Kier alpha value is -1.14. The molecule has 1 heterocycles. The van der Waals surface area contributed by atoms with Crippen molar-refractivity contribution in [2.24, 2.45) is 0 Å². The Kier molecular flexibility index (Phi) is 6.80. The van der Waals surface area contributed by atoms with Crippen molar-refractivity contribution in [2.75, 3.05) is 26.3 Å². The van der Waals surface area contributed by atoms with E-state index in [0.717, 1.165) is 12.8 Å². The molecule has 2 atom stereocenters. The SMILES string of the molecule is CCCCC(C(=O)O)N1CCOCC1C(=O)NCC. The number of likely N-dealkylation sites (N-methyl/N-ethyl adjacent to an activating group) is 1. The third-order valence-corrected chi connectivity index (χ3v) is 3.34. The fourth-order valence-electron chi connectivity index (χ4n) is 2.34. The summed E-state index contributed by atoms with van der Waals surface area (Å²) in [6, 6.07) is -1.09. The van der Waals surface area contributed by atoms with Crippen molar-refractivity contribution in [1.29, 1.82) is 0 Å². The first-order valence-electron chi connectivity index (χ1n) is 6.95. The van der Waals surface area contributed by atoms with Gasteiger partial charge >= 0.3 is 5.97 Å². The van der Waals surface area contributed by atoms with Crippen LogP contribution >= 0.6 is 0 Å². The number of nitrogens with zero attached hydrogens (tertiary/aromatic N) is 1. The van der Waals surface area contributed by atoms with Gasteiger partial charge in [-0.15, -0.1) is 0 Å². The highest BCUT2D eigenvalue weighted by atomic mass is 16.5. The van der Waals surface area contributed by atoms with E-state index in [0.29, 0.717) is 26.1 Å². The molecule has 1 fully saturated rings. The Morgan fingerprint density at radius 3 is 2.79 bits per heavy atom. The van der Waals surface area contributed by atoms with Crippen molar-refractivity contribution >= 4 is 11.9 Å². The summed E-state index contributed by atoms with van der Waals surface area (Å²) in [5, 5.41) is 12.1. The monoisotopic (exact) mass is 272 g/mol. The maximum atomic E-state index is 12.0. The zero-order valence-electron chi connectivity index (χ0n) is 11.7. The summed E-state index contributed by atoms with van der Waals surface area (Å²) in [6.45, 7) is 5.64. The Balaban J connectivity index is 2.77. The molecule has 0 aliphatic carbocycles. The molecule has 0 aromatic carbocycles. The standard InChI is InChI=1S/C13H24N2O4/c1-3-5-6-10(13(17)18)15-7-8-19-9-11(15)12(16)14-4-2/h10-11H,3-9H2,1-2H3,(H,14,16)(H,17,18). The predicted molar refractivity (Wildman–Crippen MR) is 70.9 cm³/mol. The molecule has 1 amide bonds. The van der Waals surface area contributed by atoms with E-state index >= 15 is 0 Å². The number of carboxylic acid groups (broad SMARTS) is 1. The number of aliphatic carboxylic acids is 1. The number of unbranched alkanes of at least 4 members (excludes halogenated alkanes) is 1. The van der Waals surface area contributed by atoms with Gasteiger partial charge in [-0.1, -0.05) is 19.8 Å². The Morgan fingerprint density at radius 1 is 1.47 bits per heavy atom. The van der Waals surface area contributed by atoms with Gasteiger partial charge in [0.15, 0.2) is 0 Å². The molecule has 6 heteroatoms. The summed E-state index contributed by atoms with van der Waals surface area (Å²) in [5.74, 6) is -1.01. The Labute approximate surface area is 114 Å². The molecule has 0 bridgehead atoms. The van der Waals surface area contributed by atoms with E-state index in [-0.39, 0.29) is 12.5 Å². The number of carboxylic acids is 1. The van der Waals surface area contributed by atoms with E-state index < -0.39 is 18.1 Å². The third kappa shape index (κ3) is 4.47. The summed E-state index contributed by atoms with van der Waals surface area (Å²) in [5.41, 5.74) is 0. The highest BCUT2D eigenvalue weighted by Crippen LogP contribution is 2.16. The van der Waals surface area contributed by atoms with Crippen LogP contribution in [0.5, 0.6) is 0 Å². The van der Waals surface area contributed by atoms with Crippen LogP contribution in [0.2, 0.25) is 0 Å². The van der Waals surface area contributed by atoms with E-state index in [9.17, 15) is 14.7 Å². The summed E-state index contributed by atoms with van der Waals surface area (Å²) in [7, 11) is 0. The van der Waals surface area contributed by atoms with Crippen LogP contribution < -0.4 is 5.32 Å². The van der Waals surface area contributed by atoms with Gasteiger partial charge in [0.25, 0.3) is 0 Å². The summed E-state index contributed by atoms with van der Waals surface area (Å²) >= 11 is 0. The van der Waals surface area contributed by atoms with E-state index in [1.54, 1.807) is 4.90 Å². The van der Waals surface area contributed by atoms with Crippen LogP contribution in [0.4, 0.5) is 0 Å². The number of carbonyl (C=O) groups is 2. The van der Waals surface area contributed by atoms with Gasteiger partial charge in [-0.3, -0.25) is 14.5 Å². The van der Waals surface area contributed by atoms with Crippen molar-refractivity contribution in [3.8, 4) is 0 Å². The van der Waals surface area contributed by atoms with E-state index in [1.807, 2.05) is 13.8 Å². The molecule has 19 heavy (non-hydrogen) atoms. The first-order valence-corrected chi connectivity index (χ1v) is 6.95. The molecule has 1 aliphatic heterocycles. The first-order chi connectivity index (χ1) is 9.11. The minimum atomic E-state index is -0.857. The normalized spacial score (nSPS) is 21.9. The Bertz CT molecular complexity index is 307. The number of nitrogens with one attached hydrogen (secondary N) is 1. The molecule has 0 aromatic heterocycles. The quantitative estimate of drug-likeness (QED) is 0.704. The van der Waals surface area contributed by atoms with Gasteiger partial charge in [0.05, 0.1) is 13.2 Å². The van der Waals surface area contributed by atoms with E-state index in [1.165, 1.54) is 0 Å². The summed E-state index contributed by atoms with van der Waals surface area (Å²) in [6.07, 6.45) is 2.36. The third-order valence-electron chi connectivity index (χ3n) is 3.34. The molecular weight excluding hydrogens is 248 g/mol. The fourth-order valence-corrected chi connectivity index (χ4v) is 2.34. The average Bonchev–Trinajstić information content (AvgIpc) is 2.39. The first kappa shape index (κ1) is 15.9. The van der Waals surface area contributed by atoms with Gasteiger partial charge in [0, 0.05) is 13.1 Å². The summed E-state index contributed by atoms with van der Waals surface area (Å²) in [4.78, 5) is 25.2. The van der Waals surface area contributed by atoms with Gasteiger partial charge in [-0.25, -0.2) is 0 Å². The van der Waals surface area contributed by atoms with Crippen LogP contribution in [-0.2, 0) is 14.3 Å². The molecule has 1 aliphatic rings. The molecule has 0 radical (unpaired) electrons. The lowest BCUT2D eigenvalue weighted by Gasteiger charge is -2.38. The minimum absolute atomic E-state index is 0.148. The maximum Gasteiger partial charge on any atom is 0.320 e. The van der Waals surface area contributed by atoms with Crippen LogP contribution in [-0.4, -0.2) is 60.3 Å². The molecule has 0 saturated carbocycles. The van der Waals surface area contributed by atoms with Gasteiger partial charge < -0.3 is 15.2 Å². The Morgan fingerprint density at radius 2 is 2.21 bits per heavy atom. The molecule has 1 saturated heterocycles. The highest BCUT2D eigenvalue weighted by Gasteiger charge is 2.36. The largest absolute Gasteiger partial charge is 0.480 e. The van der Waals surface area contributed by atoms with E-state index in [2.05, 4.69) is 5.32 Å². The van der Waals surface area contributed by atoms with Crippen LogP contribution in [0.15, 0.2) is 0 Å². The molecular formula is C13H24N2O4. The molecule has 1 rings (SSSR count). The predicted octanol–water partition coefficient (Wildman–Crippen LogP) is 0.467. The zero-order valence-corrected chi connectivity index (χ0v) is 11.7. The van der Waals surface area contributed by atoms with Gasteiger partial charge in [-0.2, -0.15) is 0 Å². The van der Waals surface area contributed by atoms with Crippen molar-refractivity contribution in [3.63, 3.8) is 0 Å². The number of hydrogen-bond donors (Lipinski definition) is 2. The van der Waals surface area contributed by atoms with Gasteiger partial charge in [0.1, 0.15) is 12.1 Å². The molecule has 0 aromatic rings. The lowest BCUT2D eigenvalue weighted by atomic mass is 10.0. The second kappa shape index (κ2) is 8.12. The van der Waals surface area contributed by atoms with Crippen LogP contribution in [0, 0.1) is 0 Å². The van der Waals surface area contributed by atoms with Crippen molar-refractivity contribution in [1.82, 2.24) is 10.2 Å². The second-order valence-electron chi connectivity index (χ2n) is 4.72. The highest BCUT2D eigenvalue weighted by molar-refractivity contribution is 5.83. The van der Waals surface area contributed by atoms with Crippen molar-refractivity contribution in [3.05, 3.63) is 0 Å².